The molecule has 0 unspecified atom stereocenters. The van der Waals surface area contributed by atoms with Gasteiger partial charge in [-0.25, -0.2) is 8.42 Å². The monoisotopic (exact) mass is 352 g/mol. The number of carbonyl (C=O) groups excluding carboxylic acids is 1. The molecule has 2 rings (SSSR count). The molecule has 1 fully saturated rings. The van der Waals surface area contributed by atoms with Gasteiger partial charge in [-0.15, -0.1) is 0 Å². The van der Waals surface area contributed by atoms with Crippen LogP contribution in [-0.2, 0) is 20.4 Å². The Labute approximate surface area is 144 Å². The second-order valence-corrected chi connectivity index (χ2v) is 10.4. The lowest BCUT2D eigenvalue weighted by atomic mass is 10.00. The fraction of sp³-hybridized carbons (Fsp3) is 0.611. The molecule has 0 spiro atoms. The standard InChI is InChI=1S/C18H28N2O3S/c1-18(2,3)24(22,23)12-13-7-9-15(10-8-13)20-17(21)11-14-5-4-6-16(14)19/h7-10,14,16H,4-6,11-12,19H2,1-3H3,(H,20,21)/t14-,16+/m0/s1. The minimum absolute atomic E-state index is 0.00164. The number of anilines is 1. The van der Waals surface area contributed by atoms with E-state index in [1.165, 1.54) is 0 Å². The molecular weight excluding hydrogens is 324 g/mol. The molecule has 0 saturated heterocycles. The van der Waals surface area contributed by atoms with E-state index in [-0.39, 0.29) is 23.6 Å². The summed E-state index contributed by atoms with van der Waals surface area (Å²) in [5.74, 6) is 0.232. The molecule has 3 N–H and O–H groups in total. The molecule has 134 valence electrons. The van der Waals surface area contributed by atoms with Gasteiger partial charge in [-0.3, -0.25) is 4.79 Å². The number of nitrogens with two attached hydrogens (primary N) is 1. The van der Waals surface area contributed by atoms with E-state index in [4.69, 9.17) is 5.73 Å². The molecular formula is C18H28N2O3S. The molecule has 1 aromatic rings. The van der Waals surface area contributed by atoms with Crippen LogP contribution < -0.4 is 11.1 Å². The number of hydrogen-bond acceptors (Lipinski definition) is 4. The highest BCUT2D eigenvalue weighted by Crippen LogP contribution is 2.27. The van der Waals surface area contributed by atoms with Crippen molar-refractivity contribution in [2.75, 3.05) is 5.32 Å². The molecule has 0 bridgehead atoms. The van der Waals surface area contributed by atoms with Gasteiger partial charge in [-0.2, -0.15) is 0 Å². The van der Waals surface area contributed by atoms with Gasteiger partial charge in [-0.05, 0) is 57.2 Å². The first-order chi connectivity index (χ1) is 11.1. The quantitative estimate of drug-likeness (QED) is 0.853. The average Bonchev–Trinajstić information content (AvgIpc) is 2.85. The zero-order valence-electron chi connectivity index (χ0n) is 14.7. The second kappa shape index (κ2) is 7.23. The van der Waals surface area contributed by atoms with Gasteiger partial charge in [0.15, 0.2) is 9.84 Å². The van der Waals surface area contributed by atoms with Crippen molar-refractivity contribution in [2.45, 2.75) is 63.0 Å². The Balaban J connectivity index is 1.93. The number of rotatable bonds is 5. The summed E-state index contributed by atoms with van der Waals surface area (Å²) in [5.41, 5.74) is 7.40. The Bertz CT molecular complexity index is 675. The van der Waals surface area contributed by atoms with Crippen LogP contribution >= 0.6 is 0 Å². The first kappa shape index (κ1) is 18.9. The summed E-state index contributed by atoms with van der Waals surface area (Å²) < 4.78 is 23.7. The van der Waals surface area contributed by atoms with Crippen molar-refractivity contribution in [1.82, 2.24) is 0 Å². The van der Waals surface area contributed by atoms with Crippen molar-refractivity contribution < 1.29 is 13.2 Å². The molecule has 5 nitrogen and oxygen atoms in total. The third-order valence-electron chi connectivity index (χ3n) is 4.69. The lowest BCUT2D eigenvalue weighted by Crippen LogP contribution is -2.29. The maximum atomic E-state index is 12.2. The van der Waals surface area contributed by atoms with Crippen LogP contribution in [0, 0.1) is 5.92 Å². The summed E-state index contributed by atoms with van der Waals surface area (Å²) in [7, 11) is -3.21. The molecule has 0 aromatic heterocycles. The molecule has 0 heterocycles. The predicted octanol–water partition coefficient (Wildman–Crippen LogP) is 2.86. The summed E-state index contributed by atoms with van der Waals surface area (Å²) in [6.45, 7) is 5.10. The van der Waals surface area contributed by atoms with Crippen LogP contribution in [0.3, 0.4) is 0 Å². The van der Waals surface area contributed by atoms with Crippen LogP contribution in [0.5, 0.6) is 0 Å². The van der Waals surface area contributed by atoms with E-state index in [2.05, 4.69) is 5.32 Å². The highest BCUT2D eigenvalue weighted by Gasteiger charge is 2.29. The van der Waals surface area contributed by atoms with E-state index < -0.39 is 14.6 Å². The molecule has 0 aliphatic heterocycles. The lowest BCUT2D eigenvalue weighted by Gasteiger charge is -2.19. The number of sulfone groups is 1. The third-order valence-corrected chi connectivity index (χ3v) is 7.27. The average molecular weight is 353 g/mol. The second-order valence-electron chi connectivity index (χ2n) is 7.68. The maximum absolute atomic E-state index is 12.2. The van der Waals surface area contributed by atoms with Gasteiger partial charge in [-0.1, -0.05) is 18.6 Å². The zero-order valence-corrected chi connectivity index (χ0v) is 15.5. The number of amides is 1. The Hall–Kier alpha value is -1.40. The smallest absolute Gasteiger partial charge is 0.224 e. The van der Waals surface area contributed by atoms with Crippen LogP contribution in [0.25, 0.3) is 0 Å². The Morgan fingerprint density at radius 2 is 1.83 bits per heavy atom. The molecule has 1 aliphatic rings. The minimum atomic E-state index is -3.21. The largest absolute Gasteiger partial charge is 0.327 e. The first-order valence-electron chi connectivity index (χ1n) is 8.45. The van der Waals surface area contributed by atoms with Gasteiger partial charge in [0.1, 0.15) is 0 Å². The summed E-state index contributed by atoms with van der Waals surface area (Å²) in [6.07, 6.45) is 3.55. The van der Waals surface area contributed by atoms with E-state index >= 15 is 0 Å². The molecule has 1 aromatic carbocycles. The van der Waals surface area contributed by atoms with Crippen LogP contribution in [0.4, 0.5) is 5.69 Å². The molecule has 24 heavy (non-hydrogen) atoms. The van der Waals surface area contributed by atoms with Gasteiger partial charge < -0.3 is 11.1 Å². The van der Waals surface area contributed by atoms with E-state index in [0.717, 1.165) is 24.8 Å². The summed E-state index contributed by atoms with van der Waals surface area (Å²) in [4.78, 5) is 12.1. The summed E-state index contributed by atoms with van der Waals surface area (Å²) in [6, 6.07) is 7.13. The normalized spacial score (nSPS) is 21.7. The van der Waals surface area contributed by atoms with Crippen LogP contribution in [0.2, 0.25) is 0 Å². The molecule has 0 radical (unpaired) electrons. The number of carbonyl (C=O) groups is 1. The number of hydrogen-bond donors (Lipinski definition) is 2. The maximum Gasteiger partial charge on any atom is 0.224 e. The van der Waals surface area contributed by atoms with Crippen molar-refractivity contribution in [3.05, 3.63) is 29.8 Å². The zero-order chi connectivity index (χ0) is 18.0. The van der Waals surface area contributed by atoms with Gasteiger partial charge in [0.2, 0.25) is 5.91 Å². The molecule has 1 saturated carbocycles. The molecule has 1 amide bonds. The fourth-order valence-corrected chi connectivity index (χ4v) is 3.95. The summed E-state index contributed by atoms with van der Waals surface area (Å²) in [5, 5.41) is 2.87. The number of benzene rings is 1. The highest BCUT2D eigenvalue weighted by molar-refractivity contribution is 7.91. The van der Waals surface area contributed by atoms with Crippen molar-refractivity contribution in [3.63, 3.8) is 0 Å². The Kier molecular flexibility index (Phi) is 5.71. The van der Waals surface area contributed by atoms with Crippen molar-refractivity contribution in [1.29, 1.82) is 0 Å². The minimum Gasteiger partial charge on any atom is -0.327 e. The van der Waals surface area contributed by atoms with Gasteiger partial charge >= 0.3 is 0 Å². The van der Waals surface area contributed by atoms with Gasteiger partial charge in [0.05, 0.1) is 10.5 Å². The molecule has 1 aliphatic carbocycles. The molecule has 6 heteroatoms. The van der Waals surface area contributed by atoms with Crippen LogP contribution in [0.15, 0.2) is 24.3 Å². The van der Waals surface area contributed by atoms with Crippen LogP contribution in [0.1, 0.15) is 52.0 Å². The molecule has 2 atom stereocenters. The number of nitrogens with one attached hydrogen (secondary N) is 1. The third kappa shape index (κ3) is 4.80. The van der Waals surface area contributed by atoms with Crippen molar-refractivity contribution >= 4 is 21.4 Å². The predicted molar refractivity (Wildman–Crippen MR) is 97.4 cm³/mol. The first-order valence-corrected chi connectivity index (χ1v) is 10.1. The Morgan fingerprint density at radius 1 is 1.21 bits per heavy atom. The van der Waals surface area contributed by atoms with Crippen molar-refractivity contribution in [2.24, 2.45) is 11.7 Å². The van der Waals surface area contributed by atoms with Gasteiger partial charge in [0, 0.05) is 18.2 Å². The Morgan fingerprint density at radius 3 is 2.33 bits per heavy atom. The van der Waals surface area contributed by atoms with Gasteiger partial charge in [0.25, 0.3) is 0 Å². The summed E-state index contributed by atoms with van der Waals surface area (Å²) >= 11 is 0. The topological polar surface area (TPSA) is 89.3 Å². The van der Waals surface area contributed by atoms with Crippen molar-refractivity contribution in [3.8, 4) is 0 Å². The highest BCUT2D eigenvalue weighted by atomic mass is 32.2. The van der Waals surface area contributed by atoms with E-state index in [1.54, 1.807) is 45.0 Å². The fourth-order valence-electron chi connectivity index (χ4n) is 2.89. The van der Waals surface area contributed by atoms with E-state index in [1.807, 2.05) is 0 Å². The lowest BCUT2D eigenvalue weighted by molar-refractivity contribution is -0.117. The van der Waals surface area contributed by atoms with E-state index in [0.29, 0.717) is 12.1 Å². The van der Waals surface area contributed by atoms with Crippen LogP contribution in [-0.4, -0.2) is 25.1 Å². The van der Waals surface area contributed by atoms with E-state index in [9.17, 15) is 13.2 Å². The SMILES string of the molecule is CC(C)(C)S(=O)(=O)Cc1ccc(NC(=O)C[C@@H]2CCC[C@H]2N)cc1.